The Morgan fingerprint density at radius 1 is 1.13 bits per heavy atom. The average Bonchev–Trinajstić information content (AvgIpc) is 2.83. The van der Waals surface area contributed by atoms with Gasteiger partial charge in [-0.2, -0.15) is 0 Å². The highest BCUT2D eigenvalue weighted by Gasteiger charge is 2.29. The summed E-state index contributed by atoms with van der Waals surface area (Å²) in [7, 11) is 0. The van der Waals surface area contributed by atoms with Gasteiger partial charge >= 0.3 is 12.1 Å². The summed E-state index contributed by atoms with van der Waals surface area (Å²) in [5.41, 5.74) is 0.904. The maximum Gasteiger partial charge on any atom is 0.407 e. The molecule has 5 heteroatoms. The molecule has 2 N–H and O–H groups in total. The number of aliphatic carboxylic acids is 1. The van der Waals surface area contributed by atoms with E-state index in [0.717, 1.165) is 31.2 Å². The van der Waals surface area contributed by atoms with E-state index in [1.807, 2.05) is 30.3 Å². The molecule has 0 aliphatic heterocycles. The van der Waals surface area contributed by atoms with Crippen molar-refractivity contribution in [2.75, 3.05) is 6.54 Å². The average molecular weight is 319 g/mol. The van der Waals surface area contributed by atoms with Crippen LogP contribution in [0.25, 0.3) is 0 Å². The molecule has 1 saturated carbocycles. The first-order valence-corrected chi connectivity index (χ1v) is 8.34. The molecule has 1 fully saturated rings. The molecule has 126 valence electrons. The molecule has 1 atom stereocenters. The van der Waals surface area contributed by atoms with E-state index >= 15 is 0 Å². The van der Waals surface area contributed by atoms with Crippen LogP contribution in [0.3, 0.4) is 0 Å². The molecule has 0 saturated heterocycles. The van der Waals surface area contributed by atoms with Crippen molar-refractivity contribution in [2.45, 2.75) is 45.1 Å². The lowest BCUT2D eigenvalue weighted by molar-refractivity contribution is -0.143. The summed E-state index contributed by atoms with van der Waals surface area (Å²) in [6.07, 6.45) is 5.80. The first-order valence-electron chi connectivity index (χ1n) is 8.34. The number of carboxylic acid groups (broad SMARTS) is 1. The minimum absolute atomic E-state index is 0.133. The fourth-order valence-electron chi connectivity index (χ4n) is 3.14. The molecular formula is C18H25NO4. The number of carbonyl (C=O) groups is 2. The van der Waals surface area contributed by atoms with Crippen LogP contribution in [0.15, 0.2) is 30.3 Å². The third kappa shape index (κ3) is 5.93. The van der Waals surface area contributed by atoms with Crippen molar-refractivity contribution in [3.05, 3.63) is 35.9 Å². The predicted octanol–water partition coefficient (Wildman–Crippen LogP) is 3.58. The second-order valence-corrected chi connectivity index (χ2v) is 6.14. The Kier molecular flexibility index (Phi) is 6.91. The molecule has 0 aromatic heterocycles. The summed E-state index contributed by atoms with van der Waals surface area (Å²) in [4.78, 5) is 23.3. The summed E-state index contributed by atoms with van der Waals surface area (Å²) >= 11 is 0. The van der Waals surface area contributed by atoms with Crippen LogP contribution in [-0.2, 0) is 16.1 Å². The largest absolute Gasteiger partial charge is 0.481 e. The molecule has 23 heavy (non-hydrogen) atoms. The Hall–Kier alpha value is -2.04. The van der Waals surface area contributed by atoms with Gasteiger partial charge in [0.05, 0.1) is 5.92 Å². The van der Waals surface area contributed by atoms with Crippen molar-refractivity contribution in [2.24, 2.45) is 11.8 Å². The van der Waals surface area contributed by atoms with Gasteiger partial charge in [0.15, 0.2) is 0 Å². The SMILES string of the molecule is O=C(NCC(C(=O)O)C1CCCCCC1)OCc1ccccc1. The van der Waals surface area contributed by atoms with E-state index in [0.29, 0.717) is 0 Å². The Morgan fingerprint density at radius 3 is 2.39 bits per heavy atom. The van der Waals surface area contributed by atoms with Gasteiger partial charge in [-0.1, -0.05) is 56.0 Å². The summed E-state index contributed by atoms with van der Waals surface area (Å²) < 4.78 is 5.13. The Morgan fingerprint density at radius 2 is 1.78 bits per heavy atom. The maximum absolute atomic E-state index is 11.8. The third-order valence-corrected chi connectivity index (χ3v) is 4.47. The zero-order chi connectivity index (χ0) is 16.5. The van der Waals surface area contributed by atoms with Crippen molar-refractivity contribution in [3.8, 4) is 0 Å². The fourth-order valence-corrected chi connectivity index (χ4v) is 3.14. The standard InChI is InChI=1S/C18H25NO4/c20-17(21)16(15-10-6-1-2-7-11-15)12-19-18(22)23-13-14-8-4-3-5-9-14/h3-5,8-9,15-16H,1-2,6-7,10-13H2,(H,19,22)(H,20,21). The van der Waals surface area contributed by atoms with Gasteiger partial charge < -0.3 is 15.2 Å². The van der Waals surface area contributed by atoms with Gasteiger partial charge in [-0.25, -0.2) is 4.79 Å². The number of ether oxygens (including phenoxy) is 1. The molecule has 1 aliphatic carbocycles. The predicted molar refractivity (Wildman–Crippen MR) is 86.9 cm³/mol. The molecule has 0 radical (unpaired) electrons. The lowest BCUT2D eigenvalue weighted by Gasteiger charge is -2.22. The van der Waals surface area contributed by atoms with Crippen molar-refractivity contribution in [3.63, 3.8) is 0 Å². The Labute approximate surface area is 137 Å². The van der Waals surface area contributed by atoms with E-state index in [2.05, 4.69) is 5.32 Å². The minimum Gasteiger partial charge on any atom is -0.481 e. The number of benzene rings is 1. The summed E-state index contributed by atoms with van der Waals surface area (Å²) in [6.45, 7) is 0.321. The molecule has 5 nitrogen and oxygen atoms in total. The van der Waals surface area contributed by atoms with Gasteiger partial charge in [0, 0.05) is 6.54 Å². The number of hydrogen-bond acceptors (Lipinski definition) is 3. The first-order chi connectivity index (χ1) is 11.2. The van der Waals surface area contributed by atoms with Gasteiger partial charge in [0.25, 0.3) is 0 Å². The molecule has 1 aromatic carbocycles. The molecule has 1 amide bonds. The van der Waals surface area contributed by atoms with Gasteiger partial charge in [0.2, 0.25) is 0 Å². The van der Waals surface area contributed by atoms with Crippen molar-refractivity contribution < 1.29 is 19.4 Å². The van der Waals surface area contributed by atoms with Gasteiger partial charge in [-0.15, -0.1) is 0 Å². The van der Waals surface area contributed by atoms with E-state index in [1.165, 1.54) is 12.8 Å². The zero-order valence-corrected chi connectivity index (χ0v) is 13.4. The molecule has 0 spiro atoms. The minimum atomic E-state index is -0.833. The van der Waals surface area contributed by atoms with Gasteiger partial charge in [0.1, 0.15) is 6.61 Å². The smallest absolute Gasteiger partial charge is 0.407 e. The van der Waals surface area contributed by atoms with Crippen molar-refractivity contribution in [1.82, 2.24) is 5.32 Å². The van der Waals surface area contributed by atoms with Crippen LogP contribution >= 0.6 is 0 Å². The number of rotatable bonds is 6. The van der Waals surface area contributed by atoms with E-state index in [4.69, 9.17) is 4.74 Å². The molecular weight excluding hydrogens is 294 g/mol. The van der Waals surface area contributed by atoms with Crippen LogP contribution < -0.4 is 5.32 Å². The van der Waals surface area contributed by atoms with Gasteiger partial charge in [-0.3, -0.25) is 4.79 Å². The number of amides is 1. The highest BCUT2D eigenvalue weighted by Crippen LogP contribution is 2.29. The third-order valence-electron chi connectivity index (χ3n) is 4.47. The summed E-state index contributed by atoms with van der Waals surface area (Å²) in [5.74, 6) is -1.22. The topological polar surface area (TPSA) is 75.6 Å². The molecule has 0 bridgehead atoms. The van der Waals surface area contributed by atoms with E-state index in [-0.39, 0.29) is 19.1 Å². The Balaban J connectivity index is 1.78. The second-order valence-electron chi connectivity index (χ2n) is 6.14. The lowest BCUT2D eigenvalue weighted by Crippen LogP contribution is -2.37. The van der Waals surface area contributed by atoms with E-state index in [1.54, 1.807) is 0 Å². The van der Waals surface area contributed by atoms with E-state index < -0.39 is 18.0 Å². The zero-order valence-electron chi connectivity index (χ0n) is 13.4. The number of carboxylic acids is 1. The number of nitrogens with one attached hydrogen (secondary N) is 1. The van der Waals surface area contributed by atoms with E-state index in [9.17, 15) is 14.7 Å². The number of alkyl carbamates (subject to hydrolysis) is 1. The Bertz CT molecular complexity index is 495. The van der Waals surface area contributed by atoms with Crippen molar-refractivity contribution in [1.29, 1.82) is 0 Å². The second kappa shape index (κ2) is 9.18. The summed E-state index contributed by atoms with van der Waals surface area (Å²) in [6, 6.07) is 9.40. The van der Waals surface area contributed by atoms with Crippen LogP contribution in [-0.4, -0.2) is 23.7 Å². The van der Waals surface area contributed by atoms with Crippen LogP contribution in [0.4, 0.5) is 4.79 Å². The van der Waals surface area contributed by atoms with Crippen LogP contribution in [0.2, 0.25) is 0 Å². The molecule has 1 unspecified atom stereocenters. The molecule has 1 aromatic rings. The highest BCUT2D eigenvalue weighted by molar-refractivity contribution is 5.72. The fraction of sp³-hybridized carbons (Fsp3) is 0.556. The van der Waals surface area contributed by atoms with Crippen molar-refractivity contribution >= 4 is 12.1 Å². The van der Waals surface area contributed by atoms with Crippen LogP contribution in [0, 0.1) is 11.8 Å². The number of hydrogen-bond donors (Lipinski definition) is 2. The van der Waals surface area contributed by atoms with Crippen LogP contribution in [0.5, 0.6) is 0 Å². The lowest BCUT2D eigenvalue weighted by atomic mass is 9.86. The van der Waals surface area contributed by atoms with Crippen LogP contribution in [0.1, 0.15) is 44.1 Å². The highest BCUT2D eigenvalue weighted by atomic mass is 16.5. The maximum atomic E-state index is 11.8. The molecule has 2 rings (SSSR count). The molecule has 1 aliphatic rings. The number of carbonyl (C=O) groups excluding carboxylic acids is 1. The summed E-state index contributed by atoms with van der Waals surface area (Å²) in [5, 5.41) is 12.1. The molecule has 0 heterocycles. The van der Waals surface area contributed by atoms with Gasteiger partial charge in [-0.05, 0) is 24.3 Å². The first kappa shape index (κ1) is 17.3. The quantitative estimate of drug-likeness (QED) is 0.786. The monoisotopic (exact) mass is 319 g/mol. The normalized spacial score (nSPS) is 17.0.